The molecule has 2 N–H and O–H groups in total. The number of H-pyrrole nitrogens is 1. The number of hydrogen-bond acceptors (Lipinski definition) is 5. The Morgan fingerprint density at radius 3 is 2.09 bits per heavy atom. The van der Waals surface area contributed by atoms with Crippen LogP contribution in [0.4, 0.5) is 5.69 Å². The standard InChI is InChI=1S/C16H18N2O5/c1-9-5-10(6-14(19)17-9)16(20)18-11-7-12(21-2)15(23-4)13(8-11)22-3/h5-8H,1-4H3,(H,17,19)(H,18,20). The maximum absolute atomic E-state index is 12.3. The fourth-order valence-electron chi connectivity index (χ4n) is 2.17. The minimum absolute atomic E-state index is 0.264. The molecule has 1 aromatic heterocycles. The van der Waals surface area contributed by atoms with Gasteiger partial charge in [0.1, 0.15) is 0 Å². The molecule has 7 heteroatoms. The topological polar surface area (TPSA) is 89.7 Å². The summed E-state index contributed by atoms with van der Waals surface area (Å²) in [5, 5.41) is 2.71. The van der Waals surface area contributed by atoms with Gasteiger partial charge in [0.15, 0.2) is 11.5 Å². The van der Waals surface area contributed by atoms with Crippen LogP contribution >= 0.6 is 0 Å². The Balaban J connectivity index is 2.35. The van der Waals surface area contributed by atoms with Crippen LogP contribution in [0.15, 0.2) is 29.1 Å². The molecule has 0 atom stereocenters. The van der Waals surface area contributed by atoms with Crippen LogP contribution in [-0.4, -0.2) is 32.2 Å². The summed E-state index contributed by atoms with van der Waals surface area (Å²) in [5.74, 6) is 0.863. The second-order valence-corrected chi connectivity index (χ2v) is 4.78. The fraction of sp³-hybridized carbons (Fsp3) is 0.250. The highest BCUT2D eigenvalue weighted by molar-refractivity contribution is 6.04. The van der Waals surface area contributed by atoms with Gasteiger partial charge in [-0.05, 0) is 13.0 Å². The van der Waals surface area contributed by atoms with Crippen molar-refractivity contribution in [3.8, 4) is 17.2 Å². The summed E-state index contributed by atoms with van der Waals surface area (Å²) < 4.78 is 15.7. The third-order valence-corrected chi connectivity index (χ3v) is 3.16. The van der Waals surface area contributed by atoms with E-state index in [0.717, 1.165) is 0 Å². The van der Waals surface area contributed by atoms with Gasteiger partial charge in [-0.1, -0.05) is 0 Å². The van der Waals surface area contributed by atoms with Crippen molar-refractivity contribution >= 4 is 11.6 Å². The van der Waals surface area contributed by atoms with Crippen LogP contribution in [0, 0.1) is 6.92 Å². The Kier molecular flexibility index (Phi) is 4.90. The van der Waals surface area contributed by atoms with Gasteiger partial charge in [-0.3, -0.25) is 9.59 Å². The van der Waals surface area contributed by atoms with Crippen molar-refractivity contribution in [2.45, 2.75) is 6.92 Å². The zero-order valence-corrected chi connectivity index (χ0v) is 13.4. The summed E-state index contributed by atoms with van der Waals surface area (Å²) in [5.41, 5.74) is 0.995. The first-order valence-corrected chi connectivity index (χ1v) is 6.80. The summed E-state index contributed by atoms with van der Waals surface area (Å²) in [7, 11) is 4.48. The lowest BCUT2D eigenvalue weighted by molar-refractivity contribution is 0.102. The largest absolute Gasteiger partial charge is 0.493 e. The minimum Gasteiger partial charge on any atom is -0.493 e. The number of rotatable bonds is 5. The van der Waals surface area contributed by atoms with Gasteiger partial charge in [0, 0.05) is 35.1 Å². The van der Waals surface area contributed by atoms with E-state index in [1.807, 2.05) is 0 Å². The van der Waals surface area contributed by atoms with Crippen LogP contribution in [0.5, 0.6) is 17.2 Å². The molecule has 23 heavy (non-hydrogen) atoms. The third kappa shape index (κ3) is 3.63. The predicted octanol–water partition coefficient (Wildman–Crippen LogP) is 1.96. The van der Waals surface area contributed by atoms with Crippen LogP contribution in [0.1, 0.15) is 16.1 Å². The SMILES string of the molecule is COc1cc(NC(=O)c2cc(C)[nH]c(=O)c2)cc(OC)c1OC. The number of pyridine rings is 1. The van der Waals surface area contributed by atoms with Crippen LogP contribution in [-0.2, 0) is 0 Å². The van der Waals surface area contributed by atoms with Gasteiger partial charge in [0.2, 0.25) is 11.3 Å². The Morgan fingerprint density at radius 1 is 1.00 bits per heavy atom. The molecule has 1 aromatic carbocycles. The molecule has 122 valence electrons. The van der Waals surface area contributed by atoms with Crippen LogP contribution < -0.4 is 25.1 Å². The smallest absolute Gasteiger partial charge is 0.255 e. The number of hydrogen-bond donors (Lipinski definition) is 2. The lowest BCUT2D eigenvalue weighted by Gasteiger charge is -2.14. The lowest BCUT2D eigenvalue weighted by atomic mass is 10.2. The Morgan fingerprint density at radius 2 is 1.61 bits per heavy atom. The summed E-state index contributed by atoms with van der Waals surface area (Å²) in [6.07, 6.45) is 0. The molecule has 1 heterocycles. The maximum atomic E-state index is 12.3. The highest BCUT2D eigenvalue weighted by atomic mass is 16.5. The Bertz CT molecular complexity index is 757. The average molecular weight is 318 g/mol. The monoisotopic (exact) mass is 318 g/mol. The zero-order valence-electron chi connectivity index (χ0n) is 13.4. The molecule has 0 radical (unpaired) electrons. The molecule has 0 fully saturated rings. The van der Waals surface area contributed by atoms with Crippen molar-refractivity contribution in [3.63, 3.8) is 0 Å². The Hall–Kier alpha value is -2.96. The molecule has 0 bridgehead atoms. The number of aromatic amines is 1. The van der Waals surface area contributed by atoms with Gasteiger partial charge < -0.3 is 24.5 Å². The average Bonchev–Trinajstić information content (AvgIpc) is 2.52. The van der Waals surface area contributed by atoms with Crippen molar-refractivity contribution in [2.24, 2.45) is 0 Å². The summed E-state index contributed by atoms with van der Waals surface area (Å²) in [6.45, 7) is 1.71. The number of aromatic nitrogens is 1. The number of anilines is 1. The molecular weight excluding hydrogens is 300 g/mol. The van der Waals surface area contributed by atoms with E-state index in [0.29, 0.717) is 28.6 Å². The minimum atomic E-state index is -0.409. The molecule has 1 amide bonds. The number of benzene rings is 1. The Labute approximate surface area is 133 Å². The maximum Gasteiger partial charge on any atom is 0.255 e. The number of carbonyl (C=O) groups is 1. The van der Waals surface area contributed by atoms with E-state index in [4.69, 9.17) is 14.2 Å². The van der Waals surface area contributed by atoms with Crippen molar-refractivity contribution in [1.29, 1.82) is 0 Å². The zero-order chi connectivity index (χ0) is 17.0. The van der Waals surface area contributed by atoms with Gasteiger partial charge in [0.05, 0.1) is 21.3 Å². The number of nitrogens with one attached hydrogen (secondary N) is 2. The van der Waals surface area contributed by atoms with E-state index in [-0.39, 0.29) is 11.1 Å². The number of aryl methyl sites for hydroxylation is 1. The van der Waals surface area contributed by atoms with E-state index < -0.39 is 5.91 Å². The highest BCUT2D eigenvalue weighted by Crippen LogP contribution is 2.39. The van der Waals surface area contributed by atoms with E-state index in [2.05, 4.69) is 10.3 Å². The van der Waals surface area contributed by atoms with Crippen molar-refractivity contribution in [3.05, 3.63) is 45.9 Å². The molecule has 7 nitrogen and oxygen atoms in total. The second kappa shape index (κ2) is 6.87. The quantitative estimate of drug-likeness (QED) is 0.879. The highest BCUT2D eigenvalue weighted by Gasteiger charge is 2.15. The normalized spacial score (nSPS) is 10.1. The van der Waals surface area contributed by atoms with Crippen LogP contribution in [0.25, 0.3) is 0 Å². The molecule has 0 aliphatic heterocycles. The molecule has 0 aliphatic rings. The number of methoxy groups -OCH3 is 3. The number of ether oxygens (including phenoxy) is 3. The molecule has 0 saturated carbocycles. The van der Waals surface area contributed by atoms with Gasteiger partial charge in [0.25, 0.3) is 5.91 Å². The number of amides is 1. The van der Waals surface area contributed by atoms with Crippen LogP contribution in [0.2, 0.25) is 0 Å². The van der Waals surface area contributed by atoms with Gasteiger partial charge >= 0.3 is 0 Å². The predicted molar refractivity (Wildman–Crippen MR) is 85.9 cm³/mol. The van der Waals surface area contributed by atoms with Crippen LogP contribution in [0.3, 0.4) is 0 Å². The first kappa shape index (κ1) is 16.4. The summed E-state index contributed by atoms with van der Waals surface area (Å²) in [6, 6.07) is 6.05. The van der Waals surface area contributed by atoms with Gasteiger partial charge in [-0.2, -0.15) is 0 Å². The molecule has 0 unspecified atom stereocenters. The van der Waals surface area contributed by atoms with Gasteiger partial charge in [-0.25, -0.2) is 0 Å². The fourth-order valence-corrected chi connectivity index (χ4v) is 2.17. The lowest BCUT2D eigenvalue weighted by Crippen LogP contribution is -2.17. The second-order valence-electron chi connectivity index (χ2n) is 4.78. The first-order chi connectivity index (χ1) is 11.0. The van der Waals surface area contributed by atoms with E-state index in [1.54, 1.807) is 25.1 Å². The van der Waals surface area contributed by atoms with E-state index in [9.17, 15) is 9.59 Å². The third-order valence-electron chi connectivity index (χ3n) is 3.16. The summed E-state index contributed by atoms with van der Waals surface area (Å²) >= 11 is 0. The molecule has 0 aliphatic carbocycles. The van der Waals surface area contributed by atoms with E-state index >= 15 is 0 Å². The van der Waals surface area contributed by atoms with Crippen molar-refractivity contribution < 1.29 is 19.0 Å². The molecule has 2 aromatic rings. The van der Waals surface area contributed by atoms with E-state index in [1.165, 1.54) is 27.4 Å². The molecular formula is C16H18N2O5. The number of carbonyl (C=O) groups excluding carboxylic acids is 1. The summed E-state index contributed by atoms with van der Waals surface area (Å²) in [4.78, 5) is 26.3. The van der Waals surface area contributed by atoms with Crippen molar-refractivity contribution in [2.75, 3.05) is 26.6 Å². The molecule has 0 saturated heterocycles. The van der Waals surface area contributed by atoms with Crippen molar-refractivity contribution in [1.82, 2.24) is 4.98 Å². The first-order valence-electron chi connectivity index (χ1n) is 6.80. The van der Waals surface area contributed by atoms with Gasteiger partial charge in [-0.15, -0.1) is 0 Å². The molecule has 2 rings (SSSR count). The molecule has 0 spiro atoms.